The fraction of sp³-hybridized carbons (Fsp3) is 0.400. The van der Waals surface area contributed by atoms with Gasteiger partial charge in [-0.05, 0) is 71.8 Å². The number of benzene rings is 3. The minimum Gasteiger partial charge on any atom is -0.495 e. The first kappa shape index (κ1) is 31.0. The van der Waals surface area contributed by atoms with Crippen molar-refractivity contribution in [1.82, 2.24) is 9.03 Å². The Balaban J connectivity index is 1.44. The monoisotopic (exact) mass is 603 g/mol. The van der Waals surface area contributed by atoms with Crippen molar-refractivity contribution in [2.24, 2.45) is 0 Å². The Bertz CT molecular complexity index is 1550. The minimum atomic E-state index is -3.82. The van der Waals surface area contributed by atoms with Gasteiger partial charge in [-0.3, -0.25) is 0 Å². The summed E-state index contributed by atoms with van der Waals surface area (Å²) in [6.45, 7) is 7.78. The highest BCUT2D eigenvalue weighted by Crippen LogP contribution is 2.33. The van der Waals surface area contributed by atoms with Crippen LogP contribution in [0.15, 0.2) is 76.5 Å². The van der Waals surface area contributed by atoms with Gasteiger partial charge in [0.05, 0.1) is 22.6 Å². The molecule has 0 radical (unpaired) electrons. The first-order chi connectivity index (χ1) is 19.4. The molecule has 1 saturated heterocycles. The van der Waals surface area contributed by atoms with Gasteiger partial charge in [-0.15, -0.1) is 0 Å². The molecule has 3 aromatic carbocycles. The molecular weight excluding hydrogens is 565 g/mol. The number of piperazine rings is 1. The fourth-order valence-electron chi connectivity index (χ4n) is 4.75. The number of rotatable bonds is 11. The van der Waals surface area contributed by atoms with E-state index in [-0.39, 0.29) is 40.7 Å². The second kappa shape index (κ2) is 12.5. The van der Waals surface area contributed by atoms with Crippen LogP contribution in [0.25, 0.3) is 0 Å². The summed E-state index contributed by atoms with van der Waals surface area (Å²) >= 11 is 0. The van der Waals surface area contributed by atoms with Crippen LogP contribution >= 0.6 is 0 Å². The molecule has 3 aromatic rings. The zero-order valence-corrected chi connectivity index (χ0v) is 25.6. The van der Waals surface area contributed by atoms with Crippen LogP contribution in [0.5, 0.6) is 5.75 Å². The average molecular weight is 604 g/mol. The molecule has 0 atom stereocenters. The topological polar surface area (TPSA) is 96.0 Å². The number of hydrogen-bond acceptors (Lipinski definition) is 6. The van der Waals surface area contributed by atoms with Gasteiger partial charge in [-0.1, -0.05) is 45.0 Å². The van der Waals surface area contributed by atoms with E-state index in [1.807, 2.05) is 17.0 Å². The van der Waals surface area contributed by atoms with Gasteiger partial charge in [0, 0.05) is 32.7 Å². The Morgan fingerprint density at radius 2 is 1.49 bits per heavy atom. The van der Waals surface area contributed by atoms with E-state index in [0.717, 1.165) is 17.5 Å². The van der Waals surface area contributed by atoms with E-state index in [1.165, 1.54) is 29.6 Å². The van der Waals surface area contributed by atoms with Crippen molar-refractivity contribution < 1.29 is 26.0 Å². The fourth-order valence-corrected chi connectivity index (χ4v) is 7.22. The second-order valence-electron chi connectivity index (χ2n) is 10.8. The summed E-state index contributed by atoms with van der Waals surface area (Å²) in [4.78, 5) is 2.28. The minimum absolute atomic E-state index is 0.0346. The summed E-state index contributed by atoms with van der Waals surface area (Å²) in [7, 11) is -5.98. The van der Waals surface area contributed by atoms with Crippen LogP contribution in [0.4, 0.5) is 10.1 Å². The normalized spacial score (nSPS) is 15.2. The number of ether oxygens (including phenoxy) is 1. The van der Waals surface area contributed by atoms with Gasteiger partial charge < -0.3 is 9.64 Å². The van der Waals surface area contributed by atoms with Crippen LogP contribution in [0.3, 0.4) is 0 Å². The van der Waals surface area contributed by atoms with E-state index in [9.17, 15) is 21.2 Å². The maximum Gasteiger partial charge on any atom is 0.243 e. The quantitative estimate of drug-likeness (QED) is 0.346. The second-order valence-corrected chi connectivity index (χ2v) is 14.5. The lowest BCUT2D eigenvalue weighted by molar-refractivity contribution is 0.378. The molecule has 0 aliphatic carbocycles. The molecule has 1 aliphatic heterocycles. The lowest BCUT2D eigenvalue weighted by Crippen LogP contribution is -2.48. The molecule has 1 aliphatic rings. The van der Waals surface area contributed by atoms with Crippen molar-refractivity contribution >= 4 is 25.7 Å². The van der Waals surface area contributed by atoms with Gasteiger partial charge in [0.15, 0.2) is 0 Å². The van der Waals surface area contributed by atoms with Crippen molar-refractivity contribution in [2.75, 3.05) is 44.7 Å². The first-order valence-electron chi connectivity index (χ1n) is 13.7. The van der Waals surface area contributed by atoms with E-state index < -0.39 is 20.0 Å². The van der Waals surface area contributed by atoms with E-state index in [4.69, 9.17) is 4.74 Å². The van der Waals surface area contributed by atoms with Gasteiger partial charge in [-0.25, -0.2) is 25.9 Å². The van der Waals surface area contributed by atoms with Crippen molar-refractivity contribution in [3.63, 3.8) is 0 Å². The molecule has 0 bridgehead atoms. The Hall–Kier alpha value is -2.99. The number of nitrogens with one attached hydrogen (secondary N) is 1. The summed E-state index contributed by atoms with van der Waals surface area (Å²) < 4.78 is 75.5. The summed E-state index contributed by atoms with van der Waals surface area (Å²) in [5, 5.41) is 0. The lowest BCUT2D eigenvalue weighted by atomic mass is 9.82. The first-order valence-corrected chi connectivity index (χ1v) is 16.6. The summed E-state index contributed by atoms with van der Waals surface area (Å²) in [5.41, 5.74) is 2.46. The number of hydrogen-bond donors (Lipinski definition) is 1. The molecule has 1 fully saturated rings. The summed E-state index contributed by atoms with van der Waals surface area (Å²) in [6.07, 6.45) is 1.36. The maximum absolute atomic E-state index is 13.4. The molecule has 1 N–H and O–H groups in total. The molecule has 0 spiro atoms. The predicted octanol–water partition coefficient (Wildman–Crippen LogP) is 4.55. The highest BCUT2D eigenvalue weighted by Gasteiger charge is 2.30. The third kappa shape index (κ3) is 7.09. The number of methoxy groups -OCH3 is 1. The summed E-state index contributed by atoms with van der Waals surface area (Å²) in [6, 6.07) is 17.7. The van der Waals surface area contributed by atoms with Crippen LogP contribution in [-0.2, 0) is 31.9 Å². The number of anilines is 1. The number of sulfonamides is 2. The SMILES string of the molecule is CCC(C)(C)c1ccc(S(=O)(=O)N2CCN(c3cc(S(=O)(=O)NCCc4ccc(F)cc4)ccc3OC)CC2)cc1. The molecule has 0 unspecified atom stereocenters. The van der Waals surface area contributed by atoms with E-state index in [0.29, 0.717) is 30.9 Å². The molecule has 0 saturated carbocycles. The molecular formula is C30H38FN3O5S2. The largest absolute Gasteiger partial charge is 0.495 e. The predicted molar refractivity (Wildman–Crippen MR) is 159 cm³/mol. The third-order valence-electron chi connectivity index (χ3n) is 7.82. The van der Waals surface area contributed by atoms with Crippen molar-refractivity contribution in [3.8, 4) is 5.75 Å². The van der Waals surface area contributed by atoms with Gasteiger partial charge in [0.1, 0.15) is 11.6 Å². The van der Waals surface area contributed by atoms with Crippen LogP contribution < -0.4 is 14.4 Å². The average Bonchev–Trinajstić information content (AvgIpc) is 2.98. The standard InChI is InChI=1S/C30H38FN3O5S2/c1-5-30(2,3)24-8-12-26(13-9-24)41(37,38)34-20-18-33(19-21-34)28-22-27(14-15-29(28)39-4)40(35,36)32-17-16-23-6-10-25(31)11-7-23/h6-15,22,32H,5,16-21H2,1-4H3. The van der Waals surface area contributed by atoms with E-state index in [2.05, 4.69) is 25.5 Å². The van der Waals surface area contributed by atoms with E-state index in [1.54, 1.807) is 36.4 Å². The Kier molecular flexibility index (Phi) is 9.42. The van der Waals surface area contributed by atoms with Crippen LogP contribution in [0.2, 0.25) is 0 Å². The maximum atomic E-state index is 13.4. The van der Waals surface area contributed by atoms with Gasteiger partial charge in [-0.2, -0.15) is 4.31 Å². The molecule has 0 aromatic heterocycles. The highest BCUT2D eigenvalue weighted by atomic mass is 32.2. The molecule has 4 rings (SSSR count). The smallest absolute Gasteiger partial charge is 0.243 e. The van der Waals surface area contributed by atoms with E-state index >= 15 is 0 Å². The Labute approximate surface area is 243 Å². The van der Waals surface area contributed by atoms with Crippen molar-refractivity contribution in [2.45, 2.75) is 48.8 Å². The summed E-state index contributed by atoms with van der Waals surface area (Å²) in [5.74, 6) is 0.157. The van der Waals surface area contributed by atoms with Crippen molar-refractivity contribution in [1.29, 1.82) is 0 Å². The number of halogens is 1. The van der Waals surface area contributed by atoms with Gasteiger partial charge in [0.25, 0.3) is 0 Å². The zero-order valence-electron chi connectivity index (χ0n) is 23.9. The molecule has 11 heteroatoms. The molecule has 8 nitrogen and oxygen atoms in total. The van der Waals surface area contributed by atoms with Gasteiger partial charge in [0.2, 0.25) is 20.0 Å². The van der Waals surface area contributed by atoms with Crippen molar-refractivity contribution in [3.05, 3.63) is 83.7 Å². The van der Waals surface area contributed by atoms with Gasteiger partial charge >= 0.3 is 0 Å². The number of nitrogens with zero attached hydrogens (tertiary/aromatic N) is 2. The lowest BCUT2D eigenvalue weighted by Gasteiger charge is -2.36. The Morgan fingerprint density at radius 1 is 0.878 bits per heavy atom. The highest BCUT2D eigenvalue weighted by molar-refractivity contribution is 7.89. The molecule has 1 heterocycles. The van der Waals surface area contributed by atoms with Crippen LogP contribution in [0.1, 0.15) is 38.3 Å². The van der Waals surface area contributed by atoms with Crippen LogP contribution in [0, 0.1) is 5.82 Å². The molecule has 41 heavy (non-hydrogen) atoms. The van der Waals surface area contributed by atoms with Crippen LogP contribution in [-0.4, -0.2) is 61.0 Å². The molecule has 0 amide bonds. The Morgan fingerprint density at radius 3 is 2.07 bits per heavy atom. The zero-order chi connectivity index (χ0) is 29.8. The third-order valence-corrected chi connectivity index (χ3v) is 11.2. The molecule has 222 valence electrons.